The van der Waals surface area contributed by atoms with Crippen molar-refractivity contribution < 1.29 is 43.7 Å². The van der Waals surface area contributed by atoms with Gasteiger partial charge in [0, 0.05) is 61.5 Å². The molecule has 29 heteroatoms. The zero-order valence-corrected chi connectivity index (χ0v) is 38.6. The highest BCUT2D eigenvalue weighted by molar-refractivity contribution is 5.97. The maximum absolute atomic E-state index is 12.5. The number of carbonyl (C=O) groups excluding carboxylic acids is 4. The number of carboxylic acid groups (broad SMARTS) is 2. The molecule has 29 nitrogen and oxygen atoms in total. The molecule has 72 heavy (non-hydrogen) atoms. The Morgan fingerprint density at radius 3 is 1.42 bits per heavy atom. The van der Waals surface area contributed by atoms with E-state index in [1.807, 2.05) is 0 Å². The van der Waals surface area contributed by atoms with Gasteiger partial charge >= 0.3 is 17.9 Å². The number of esters is 1. The molecule has 3 amide bonds. The number of fused-ring (bicyclic) bond motifs is 2. The monoisotopic (exact) mass is 998 g/mol. The summed E-state index contributed by atoms with van der Waals surface area (Å²) in [4.78, 5) is 124. The lowest BCUT2D eigenvalue weighted by Gasteiger charge is -2.15. The first-order valence-corrected chi connectivity index (χ1v) is 21.7. The topological polar surface area (TPSA) is 485 Å². The molecule has 0 bridgehead atoms. The van der Waals surface area contributed by atoms with E-state index in [1.54, 1.807) is 24.3 Å². The van der Waals surface area contributed by atoms with Crippen LogP contribution >= 0.6 is 0 Å². The number of hydrogen-bond donors (Lipinski definition) is 14. The normalized spacial score (nSPS) is 11.3. The van der Waals surface area contributed by atoms with Crippen LogP contribution in [0.1, 0.15) is 57.8 Å². The first-order valence-electron chi connectivity index (χ1n) is 21.7. The molecule has 0 fully saturated rings. The van der Waals surface area contributed by atoms with Gasteiger partial charge in [-0.25, -0.2) is 29.5 Å². The zero-order chi connectivity index (χ0) is 52.7. The highest BCUT2D eigenvalue weighted by Crippen LogP contribution is 2.14. The quantitative estimate of drug-likeness (QED) is 0.0343. The lowest BCUT2D eigenvalue weighted by molar-refractivity contribution is -0.142. The minimum absolute atomic E-state index is 0.0464. The molecule has 6 rings (SSSR count). The number of methoxy groups -OCH3 is 1. The second-order valence-corrected chi connectivity index (χ2v) is 14.9. The summed E-state index contributed by atoms with van der Waals surface area (Å²) < 4.78 is 4.48. The van der Waals surface area contributed by atoms with Crippen LogP contribution in [0.3, 0.4) is 0 Å². The largest absolute Gasteiger partial charge is 0.480 e. The van der Waals surface area contributed by atoms with Gasteiger partial charge in [-0.1, -0.05) is 0 Å². The van der Waals surface area contributed by atoms with Crippen LogP contribution in [0.25, 0.3) is 22.3 Å². The van der Waals surface area contributed by atoms with Gasteiger partial charge in [0.25, 0.3) is 22.9 Å². The molecular formula is C43H54N18O11. The number of carboxylic acids is 2. The first-order chi connectivity index (χ1) is 34.4. The van der Waals surface area contributed by atoms with E-state index in [2.05, 4.69) is 71.2 Å². The van der Waals surface area contributed by atoms with Crippen LogP contribution in [-0.4, -0.2) is 131 Å². The van der Waals surface area contributed by atoms with Crippen molar-refractivity contribution in [1.29, 1.82) is 0 Å². The average molecular weight is 999 g/mol. The molecule has 2 atom stereocenters. The molecule has 19 N–H and O–H groups in total. The van der Waals surface area contributed by atoms with E-state index in [0.717, 1.165) is 0 Å². The van der Waals surface area contributed by atoms with E-state index < -0.39 is 52.9 Å². The molecule has 0 saturated heterocycles. The number of nitrogens with two attached hydrogens (primary N) is 5. The van der Waals surface area contributed by atoms with Crippen molar-refractivity contribution in [2.45, 2.75) is 50.9 Å². The van der Waals surface area contributed by atoms with Crippen molar-refractivity contribution in [3.63, 3.8) is 0 Å². The molecule has 2 aromatic carbocycles. The Kier molecular flexibility index (Phi) is 21.3. The minimum Gasteiger partial charge on any atom is -0.480 e. The van der Waals surface area contributed by atoms with E-state index in [1.165, 1.54) is 43.8 Å². The number of nitrogen functional groups attached to an aromatic ring is 2. The van der Waals surface area contributed by atoms with E-state index in [9.17, 15) is 48.6 Å². The highest BCUT2D eigenvalue weighted by atomic mass is 16.5. The summed E-state index contributed by atoms with van der Waals surface area (Å²) in [7, 11) is 1.20. The summed E-state index contributed by atoms with van der Waals surface area (Å²) >= 11 is 0. The van der Waals surface area contributed by atoms with Crippen molar-refractivity contribution in [3.05, 3.63) is 104 Å². The van der Waals surface area contributed by atoms with Crippen molar-refractivity contribution >= 4 is 81.2 Å². The van der Waals surface area contributed by atoms with E-state index in [4.69, 9.17) is 28.7 Å². The maximum atomic E-state index is 12.5. The van der Waals surface area contributed by atoms with Gasteiger partial charge < -0.3 is 70.2 Å². The van der Waals surface area contributed by atoms with E-state index in [-0.39, 0.29) is 96.6 Å². The van der Waals surface area contributed by atoms with Crippen LogP contribution in [0.4, 0.5) is 23.3 Å². The molecule has 0 aliphatic rings. The van der Waals surface area contributed by atoms with Crippen LogP contribution in [-0.2, 0) is 37.0 Å². The number of rotatable bonds is 21. The van der Waals surface area contributed by atoms with Crippen LogP contribution in [0.2, 0.25) is 0 Å². The summed E-state index contributed by atoms with van der Waals surface area (Å²) in [6, 6.07) is 10.1. The molecule has 0 spiro atoms. The smallest absolute Gasteiger partial charge is 0.326 e. The number of nitrogens with one attached hydrogen (secondary N) is 7. The van der Waals surface area contributed by atoms with Crippen LogP contribution in [0, 0.1) is 0 Å². The predicted molar refractivity (Wildman–Crippen MR) is 261 cm³/mol. The zero-order valence-electron chi connectivity index (χ0n) is 38.6. The van der Waals surface area contributed by atoms with Gasteiger partial charge in [-0.3, -0.25) is 38.7 Å². The molecule has 0 saturated carbocycles. The Morgan fingerprint density at radius 1 is 0.625 bits per heavy atom. The second kappa shape index (κ2) is 27.7. The molecule has 0 radical (unpaired) electrons. The Balaban J connectivity index is 0.000000291. The van der Waals surface area contributed by atoms with Crippen molar-refractivity contribution in [3.8, 4) is 0 Å². The second-order valence-electron chi connectivity index (χ2n) is 14.9. The molecule has 0 aliphatic carbocycles. The third kappa shape index (κ3) is 17.4. The number of ether oxygens (including phenoxy) is 1. The number of nitrogens with zero attached hydrogens (tertiary/aromatic N) is 6. The fourth-order valence-corrected chi connectivity index (χ4v) is 5.91. The van der Waals surface area contributed by atoms with Gasteiger partial charge in [0.05, 0.1) is 44.0 Å². The van der Waals surface area contributed by atoms with Crippen LogP contribution in [0.5, 0.6) is 0 Å². The SMILES string of the molecule is COC(=O)CC[C@H](NC(=O)c1ccc(NCc2cnc3nc(N)[nH]c(=O)c3n2)cc1)C(=O)O.NCCN.NCCNC(=O)CC[C@H](NC(=O)c1ccc(NCc2cnc3nc(N)[nH]c(=O)c3n2)cc1)C(=O)O. The molecule has 4 heterocycles. The predicted octanol–water partition coefficient (Wildman–Crippen LogP) is -2.11. The van der Waals surface area contributed by atoms with Crippen molar-refractivity contribution in [1.82, 2.24) is 55.8 Å². The minimum atomic E-state index is -1.25. The molecule has 4 aromatic heterocycles. The summed E-state index contributed by atoms with van der Waals surface area (Å²) in [5, 5.41) is 32.1. The first kappa shape index (κ1) is 55.4. The molecule has 6 aromatic rings. The van der Waals surface area contributed by atoms with Crippen LogP contribution in [0.15, 0.2) is 70.5 Å². The number of hydrogen-bond acceptors (Lipinski definition) is 22. The fraction of sp³-hybridized carbons (Fsp3) is 0.302. The van der Waals surface area contributed by atoms with Gasteiger partial charge in [-0.05, 0) is 61.4 Å². The number of anilines is 4. The number of amides is 3. The number of aromatic amines is 2. The standard InChI is InChI=1S/C21H25N9O5.C20H21N7O6.C2H8N2/c22-7-8-24-15(31)6-5-14(20(34)35)28-18(32)11-1-3-12(4-2-11)25-9-13-10-26-17-16(27-13)19(33)30-21(23)29-17;1-33-14(28)7-6-13(19(31)32)25-17(29)10-2-4-11(5-3-10)22-8-12-9-23-16-15(24-12)18(30)27-20(21)26-16;3-1-2-4/h1-4,10,14,25H,5-9,22H2,(H,24,31)(H,28,32)(H,34,35)(H3,23,26,29,30,33);2-5,9,13,22H,6-8H2,1H3,(H,25,29)(H,31,32)(H3,21,23,26,27,30);1-4H2/t14-;13-;/m00./s1. The van der Waals surface area contributed by atoms with Crippen LogP contribution < -0.4 is 66.4 Å². The number of aliphatic carboxylic acids is 2. The lowest BCUT2D eigenvalue weighted by atomic mass is 10.1. The number of benzene rings is 2. The van der Waals surface area contributed by atoms with Gasteiger partial charge in [0.2, 0.25) is 17.8 Å². The van der Waals surface area contributed by atoms with Gasteiger partial charge in [0.15, 0.2) is 22.3 Å². The summed E-state index contributed by atoms with van der Waals surface area (Å²) in [5.74, 6) is -4.66. The number of aromatic nitrogens is 8. The summed E-state index contributed by atoms with van der Waals surface area (Å²) in [6.07, 6.45) is 2.57. The highest BCUT2D eigenvalue weighted by Gasteiger charge is 2.23. The molecular weight excluding hydrogens is 945 g/mol. The molecule has 382 valence electrons. The Hall–Kier alpha value is -9.22. The van der Waals surface area contributed by atoms with Crippen molar-refractivity contribution in [2.75, 3.05) is 55.4 Å². The van der Waals surface area contributed by atoms with E-state index in [0.29, 0.717) is 42.4 Å². The third-order valence-corrected chi connectivity index (χ3v) is 9.58. The molecule has 0 aliphatic heterocycles. The Bertz CT molecular complexity index is 2950. The van der Waals surface area contributed by atoms with E-state index >= 15 is 0 Å². The molecule has 0 unspecified atom stereocenters. The van der Waals surface area contributed by atoms with Gasteiger partial charge in [0.1, 0.15) is 12.1 Å². The van der Waals surface area contributed by atoms with Gasteiger partial charge in [-0.2, -0.15) is 9.97 Å². The number of H-pyrrole nitrogens is 2. The maximum Gasteiger partial charge on any atom is 0.326 e. The average Bonchev–Trinajstić information content (AvgIpc) is 3.37. The summed E-state index contributed by atoms with van der Waals surface area (Å²) in [6.45, 7) is 2.25. The third-order valence-electron chi connectivity index (χ3n) is 9.58. The number of carbonyl (C=O) groups is 6. The lowest BCUT2D eigenvalue weighted by Crippen LogP contribution is -2.41. The van der Waals surface area contributed by atoms with Crippen molar-refractivity contribution in [2.24, 2.45) is 17.2 Å². The Morgan fingerprint density at radius 2 is 1.04 bits per heavy atom. The summed E-state index contributed by atoms with van der Waals surface area (Å²) in [5.41, 5.74) is 28.3. The Labute approximate surface area is 407 Å². The fourth-order valence-electron chi connectivity index (χ4n) is 5.91. The van der Waals surface area contributed by atoms with Gasteiger partial charge in [-0.15, -0.1) is 0 Å².